The van der Waals surface area contributed by atoms with Crippen molar-refractivity contribution in [1.29, 1.82) is 0 Å². The highest BCUT2D eigenvalue weighted by molar-refractivity contribution is 6.31. The van der Waals surface area contributed by atoms with Crippen LogP contribution in [0.1, 0.15) is 24.3 Å². The van der Waals surface area contributed by atoms with Crippen LogP contribution in [0, 0.1) is 5.92 Å². The van der Waals surface area contributed by atoms with Crippen molar-refractivity contribution in [2.24, 2.45) is 13.0 Å². The normalized spacial score (nSPS) is 17.0. The van der Waals surface area contributed by atoms with Crippen molar-refractivity contribution >= 4 is 28.5 Å². The minimum atomic E-state index is -0.722. The molecule has 0 aliphatic heterocycles. The van der Waals surface area contributed by atoms with Gasteiger partial charge in [0, 0.05) is 29.2 Å². The Hall–Kier alpha value is -1.48. The quantitative estimate of drug-likeness (QED) is 0.922. The van der Waals surface area contributed by atoms with Gasteiger partial charge in [0.25, 0.3) is 0 Å². The van der Waals surface area contributed by atoms with Crippen molar-refractivity contribution in [3.63, 3.8) is 0 Å². The van der Waals surface area contributed by atoms with Crippen LogP contribution >= 0.6 is 11.6 Å². The molecule has 1 N–H and O–H groups in total. The fourth-order valence-corrected chi connectivity index (χ4v) is 2.82. The zero-order chi connectivity index (χ0) is 12.9. The summed E-state index contributed by atoms with van der Waals surface area (Å²) in [6.07, 6.45) is 3.96. The van der Waals surface area contributed by atoms with Gasteiger partial charge in [-0.15, -0.1) is 0 Å². The molecule has 1 aliphatic carbocycles. The molecule has 1 heterocycles. The number of hydrogen-bond donors (Lipinski definition) is 1. The Bertz CT molecular complexity index is 628. The highest BCUT2D eigenvalue weighted by Gasteiger charge is 2.38. The average Bonchev–Trinajstić information content (AvgIpc) is 3.07. The van der Waals surface area contributed by atoms with E-state index in [2.05, 4.69) is 0 Å². The first-order valence-corrected chi connectivity index (χ1v) is 6.43. The Balaban J connectivity index is 2.19. The van der Waals surface area contributed by atoms with Gasteiger partial charge in [-0.2, -0.15) is 0 Å². The van der Waals surface area contributed by atoms with Crippen LogP contribution in [0.3, 0.4) is 0 Å². The molecule has 1 aliphatic rings. The number of aliphatic carboxylic acids is 1. The molecule has 0 radical (unpaired) electrons. The third kappa shape index (κ3) is 1.79. The molecule has 2 aromatic rings. The van der Waals surface area contributed by atoms with Crippen LogP contribution < -0.4 is 0 Å². The van der Waals surface area contributed by atoms with Gasteiger partial charge in [0.1, 0.15) is 0 Å². The maximum atomic E-state index is 11.5. The van der Waals surface area contributed by atoms with Crippen molar-refractivity contribution in [3.05, 3.63) is 35.0 Å². The molecule has 1 aromatic carbocycles. The van der Waals surface area contributed by atoms with E-state index in [0.29, 0.717) is 10.9 Å². The second kappa shape index (κ2) is 4.02. The lowest BCUT2D eigenvalue weighted by molar-refractivity contribution is -0.139. The smallest absolute Gasteiger partial charge is 0.311 e. The van der Waals surface area contributed by atoms with Gasteiger partial charge in [0.05, 0.1) is 5.92 Å². The lowest BCUT2D eigenvalue weighted by Crippen LogP contribution is -2.13. The molecule has 1 unspecified atom stereocenters. The molecule has 3 rings (SSSR count). The van der Waals surface area contributed by atoms with Crippen molar-refractivity contribution in [2.75, 3.05) is 0 Å². The molecular weight excluding hydrogens is 250 g/mol. The predicted octanol–water partition coefficient (Wildman–Crippen LogP) is 3.41. The Labute approximate surface area is 110 Å². The highest BCUT2D eigenvalue weighted by atomic mass is 35.5. The van der Waals surface area contributed by atoms with E-state index >= 15 is 0 Å². The standard InChI is InChI=1S/C14H14ClNO2/c1-16-7-11(13(14(17)18)8-2-3-8)10-5-4-9(15)6-12(10)16/h4-8,13H,2-3H2,1H3,(H,17,18). The van der Waals surface area contributed by atoms with Crippen molar-refractivity contribution in [1.82, 2.24) is 4.57 Å². The predicted molar refractivity (Wildman–Crippen MR) is 71.0 cm³/mol. The summed E-state index contributed by atoms with van der Waals surface area (Å²) < 4.78 is 1.95. The number of aryl methyl sites for hydroxylation is 1. The summed E-state index contributed by atoms with van der Waals surface area (Å²) in [5.41, 5.74) is 1.91. The Morgan fingerprint density at radius 3 is 2.83 bits per heavy atom. The van der Waals surface area contributed by atoms with E-state index in [9.17, 15) is 9.90 Å². The fourth-order valence-electron chi connectivity index (χ4n) is 2.65. The van der Waals surface area contributed by atoms with Gasteiger partial charge in [-0.25, -0.2) is 0 Å². The molecule has 1 fully saturated rings. The van der Waals surface area contributed by atoms with Gasteiger partial charge in [0.15, 0.2) is 0 Å². The Morgan fingerprint density at radius 1 is 1.50 bits per heavy atom. The number of carboxylic acid groups (broad SMARTS) is 1. The molecule has 94 valence electrons. The van der Waals surface area contributed by atoms with Gasteiger partial charge < -0.3 is 9.67 Å². The third-order valence-corrected chi connectivity index (χ3v) is 3.91. The third-order valence-electron chi connectivity index (χ3n) is 3.68. The van der Waals surface area contributed by atoms with Crippen molar-refractivity contribution < 1.29 is 9.90 Å². The molecule has 0 bridgehead atoms. The fraction of sp³-hybridized carbons (Fsp3) is 0.357. The first-order chi connectivity index (χ1) is 8.58. The minimum Gasteiger partial charge on any atom is -0.481 e. The molecule has 4 heteroatoms. The van der Waals surface area contributed by atoms with Crippen LogP contribution in [0.4, 0.5) is 0 Å². The zero-order valence-electron chi connectivity index (χ0n) is 10.1. The second-order valence-corrected chi connectivity index (χ2v) is 5.45. The zero-order valence-corrected chi connectivity index (χ0v) is 10.8. The van der Waals surface area contributed by atoms with E-state index in [1.807, 2.05) is 36.0 Å². The number of hydrogen-bond acceptors (Lipinski definition) is 1. The van der Waals surface area contributed by atoms with Crippen molar-refractivity contribution in [3.8, 4) is 0 Å². The topological polar surface area (TPSA) is 42.2 Å². The van der Waals surface area contributed by atoms with Crippen molar-refractivity contribution in [2.45, 2.75) is 18.8 Å². The van der Waals surface area contributed by atoms with Crippen LogP contribution in [0.15, 0.2) is 24.4 Å². The van der Waals surface area contributed by atoms with Gasteiger partial charge >= 0.3 is 5.97 Å². The molecular formula is C14H14ClNO2. The summed E-state index contributed by atoms with van der Waals surface area (Å²) in [5, 5.41) is 11.1. The van der Waals surface area contributed by atoms with Gasteiger partial charge in [-0.1, -0.05) is 17.7 Å². The van der Waals surface area contributed by atoms with Gasteiger partial charge in [0.2, 0.25) is 0 Å². The number of rotatable bonds is 3. The molecule has 18 heavy (non-hydrogen) atoms. The maximum Gasteiger partial charge on any atom is 0.311 e. The van der Waals surface area contributed by atoms with Crippen LogP contribution in [-0.4, -0.2) is 15.6 Å². The van der Waals surface area contributed by atoms with Crippen LogP contribution in [-0.2, 0) is 11.8 Å². The number of benzene rings is 1. The molecule has 0 spiro atoms. The van der Waals surface area contributed by atoms with Crippen LogP contribution in [0.5, 0.6) is 0 Å². The molecule has 1 aromatic heterocycles. The molecule has 0 saturated heterocycles. The van der Waals surface area contributed by atoms with Gasteiger partial charge in [-0.05, 0) is 36.5 Å². The first-order valence-electron chi connectivity index (χ1n) is 6.05. The van der Waals surface area contributed by atoms with Crippen LogP contribution in [0.2, 0.25) is 5.02 Å². The molecule has 1 atom stereocenters. The average molecular weight is 264 g/mol. The highest BCUT2D eigenvalue weighted by Crippen LogP contribution is 2.45. The van der Waals surface area contributed by atoms with E-state index in [1.54, 1.807) is 0 Å². The largest absolute Gasteiger partial charge is 0.481 e. The Kier molecular flexibility index (Phi) is 2.59. The van der Waals surface area contributed by atoms with E-state index in [4.69, 9.17) is 11.6 Å². The first kappa shape index (κ1) is 11.6. The summed E-state index contributed by atoms with van der Waals surface area (Å²) in [4.78, 5) is 11.5. The monoisotopic (exact) mass is 263 g/mol. The summed E-state index contributed by atoms with van der Waals surface area (Å²) in [5.74, 6) is -0.807. The van der Waals surface area contributed by atoms with Crippen LogP contribution in [0.25, 0.3) is 10.9 Å². The minimum absolute atomic E-state index is 0.295. The number of aromatic nitrogens is 1. The molecule has 1 saturated carbocycles. The number of halogens is 1. The molecule has 0 amide bonds. The summed E-state index contributed by atoms with van der Waals surface area (Å²) in [7, 11) is 1.92. The van der Waals surface area contributed by atoms with E-state index in [0.717, 1.165) is 29.3 Å². The van der Waals surface area contributed by atoms with E-state index in [-0.39, 0.29) is 5.92 Å². The number of nitrogens with zero attached hydrogens (tertiary/aromatic N) is 1. The van der Waals surface area contributed by atoms with Gasteiger partial charge in [-0.3, -0.25) is 4.79 Å². The number of carboxylic acids is 1. The number of carbonyl (C=O) groups is 1. The second-order valence-electron chi connectivity index (χ2n) is 5.01. The SMILES string of the molecule is Cn1cc(C(C(=O)O)C2CC2)c2ccc(Cl)cc21. The summed E-state index contributed by atoms with van der Waals surface area (Å²) in [6.45, 7) is 0. The Morgan fingerprint density at radius 2 is 2.22 bits per heavy atom. The lowest BCUT2D eigenvalue weighted by atomic mass is 9.94. The van der Waals surface area contributed by atoms with E-state index < -0.39 is 5.97 Å². The lowest BCUT2D eigenvalue weighted by Gasteiger charge is -2.09. The maximum absolute atomic E-state index is 11.5. The molecule has 3 nitrogen and oxygen atoms in total. The number of fused-ring (bicyclic) bond motifs is 1. The van der Waals surface area contributed by atoms with E-state index in [1.165, 1.54) is 0 Å². The summed E-state index contributed by atoms with van der Waals surface area (Å²) in [6, 6.07) is 5.62. The summed E-state index contributed by atoms with van der Waals surface area (Å²) >= 11 is 5.99.